The number of nitrogens with zero attached hydrogens (tertiary/aromatic N) is 3. The van der Waals surface area contributed by atoms with Crippen molar-refractivity contribution in [3.05, 3.63) is 35.0 Å². The molecule has 2 saturated carbocycles. The summed E-state index contributed by atoms with van der Waals surface area (Å²) in [6, 6.07) is 6.20. The van der Waals surface area contributed by atoms with Crippen molar-refractivity contribution in [2.24, 2.45) is 17.8 Å². The van der Waals surface area contributed by atoms with Crippen LogP contribution >= 0.6 is 11.6 Å². The third-order valence-electron chi connectivity index (χ3n) is 8.91. The van der Waals surface area contributed by atoms with Crippen LogP contribution in [0.15, 0.2) is 24.4 Å². The van der Waals surface area contributed by atoms with Gasteiger partial charge >= 0.3 is 0 Å². The quantitative estimate of drug-likeness (QED) is 0.409. The third kappa shape index (κ3) is 3.38. The highest BCUT2D eigenvalue weighted by Gasteiger charge is 2.67. The summed E-state index contributed by atoms with van der Waals surface area (Å²) in [5.41, 5.74) is 8.52. The van der Waals surface area contributed by atoms with Crippen molar-refractivity contribution in [1.29, 1.82) is 0 Å². The van der Waals surface area contributed by atoms with E-state index >= 15 is 0 Å². The monoisotopic (exact) mass is 511 g/mol. The average molecular weight is 512 g/mol. The van der Waals surface area contributed by atoms with Gasteiger partial charge in [0.05, 0.1) is 31.0 Å². The Morgan fingerprint density at radius 1 is 1.28 bits per heavy atom. The molecule has 4 fully saturated rings. The number of hydrogen-bond acceptors (Lipinski definition) is 9. The lowest BCUT2D eigenvalue weighted by molar-refractivity contribution is -0.118. The van der Waals surface area contributed by atoms with Gasteiger partial charge in [-0.2, -0.15) is 4.98 Å². The molecule has 0 bridgehead atoms. The number of carbonyl (C=O) groups is 1. The Bertz CT molecular complexity index is 1220. The van der Waals surface area contributed by atoms with Crippen molar-refractivity contribution in [2.75, 3.05) is 35.7 Å². The Hall–Kier alpha value is -2.66. The molecule has 11 heteroatoms. The molecule has 36 heavy (non-hydrogen) atoms. The molecule has 7 rings (SSSR count). The van der Waals surface area contributed by atoms with Gasteiger partial charge in [0.2, 0.25) is 11.9 Å². The molecule has 2 aliphatic carbocycles. The number of hydrazine groups is 1. The second kappa shape index (κ2) is 8.17. The Balaban J connectivity index is 1.03. The first-order valence-electron chi connectivity index (χ1n) is 12.7. The molecule has 2 saturated heterocycles. The number of ether oxygens (including phenoxy) is 1. The van der Waals surface area contributed by atoms with Crippen molar-refractivity contribution in [3.8, 4) is 5.75 Å². The molecule has 190 valence electrons. The smallest absolute Gasteiger partial charge is 0.235 e. The molecule has 0 radical (unpaired) electrons. The number of β-amino-alcohol motifs (C(OH)–C–C–N with tert-alkyl or cyclic N) is 1. The van der Waals surface area contributed by atoms with Crippen LogP contribution in [0, 0.1) is 17.8 Å². The Kier molecular flexibility index (Phi) is 5.12. The van der Waals surface area contributed by atoms with Crippen molar-refractivity contribution >= 4 is 35.0 Å². The van der Waals surface area contributed by atoms with Crippen LogP contribution in [0.2, 0.25) is 5.02 Å². The number of methoxy groups -OCH3 is 1. The lowest BCUT2D eigenvalue weighted by atomic mass is 9.74. The lowest BCUT2D eigenvalue weighted by Crippen LogP contribution is -2.51. The number of hydrogen-bond donors (Lipinski definition) is 5. The molecule has 2 aromatic rings. The van der Waals surface area contributed by atoms with Gasteiger partial charge in [-0.15, -0.1) is 0 Å². The summed E-state index contributed by atoms with van der Waals surface area (Å²) in [6.07, 6.45) is 5.32. The standard InChI is InChI=1S/C25H30ClN7O3/c1-36-14-3-5-19-16(7-14)25(23(35)28-19)8-17(25)12-2-4-15-20(6-12)31-32-21(15)29-22-18(26)9-27-24(30-22)33-10-13(34)11-33/h3,5,7,9,12-13,15,17,20-21,31-32,34H,2,4,6,8,10-11H2,1H3,(H,28,35)(H,27,29,30)/t12?,15?,17-,20?,21?,25-/m0/s1. The number of nitrogens with one attached hydrogen (secondary N) is 4. The highest BCUT2D eigenvalue weighted by Crippen LogP contribution is 2.65. The topological polar surface area (TPSA) is 124 Å². The number of anilines is 3. The van der Waals surface area contributed by atoms with Crippen LogP contribution in [0.4, 0.5) is 17.5 Å². The molecule has 10 nitrogen and oxygen atoms in total. The van der Waals surface area contributed by atoms with Crippen molar-refractivity contribution in [1.82, 2.24) is 20.8 Å². The second-order valence-electron chi connectivity index (χ2n) is 10.8. The van der Waals surface area contributed by atoms with Gasteiger partial charge in [0.25, 0.3) is 0 Å². The summed E-state index contributed by atoms with van der Waals surface area (Å²) in [7, 11) is 1.67. The molecular formula is C25H30ClN7O3. The van der Waals surface area contributed by atoms with Gasteiger partial charge in [0.15, 0.2) is 5.82 Å². The van der Waals surface area contributed by atoms with E-state index in [-0.39, 0.29) is 18.2 Å². The van der Waals surface area contributed by atoms with E-state index in [2.05, 4.69) is 31.5 Å². The maximum atomic E-state index is 13.1. The van der Waals surface area contributed by atoms with Crippen molar-refractivity contribution in [2.45, 2.75) is 49.4 Å². The molecule has 6 atom stereocenters. The fourth-order valence-corrected chi connectivity index (χ4v) is 7.04. The Labute approximate surface area is 214 Å². The molecule has 5 N–H and O–H groups in total. The van der Waals surface area contributed by atoms with Gasteiger partial charge in [-0.1, -0.05) is 11.6 Å². The van der Waals surface area contributed by atoms with E-state index < -0.39 is 5.41 Å². The van der Waals surface area contributed by atoms with E-state index in [0.29, 0.717) is 53.7 Å². The average Bonchev–Trinajstić information content (AvgIpc) is 3.42. The summed E-state index contributed by atoms with van der Waals surface area (Å²) < 4.78 is 5.44. The summed E-state index contributed by atoms with van der Waals surface area (Å²) >= 11 is 6.41. The van der Waals surface area contributed by atoms with Gasteiger partial charge in [-0.25, -0.2) is 10.4 Å². The number of amides is 1. The highest BCUT2D eigenvalue weighted by molar-refractivity contribution is 6.32. The van der Waals surface area contributed by atoms with Crippen LogP contribution in [0.1, 0.15) is 31.2 Å². The number of aromatic nitrogens is 2. The van der Waals surface area contributed by atoms with Crippen LogP contribution < -0.4 is 31.1 Å². The molecule has 3 aliphatic heterocycles. The maximum Gasteiger partial charge on any atom is 0.235 e. The summed E-state index contributed by atoms with van der Waals surface area (Å²) in [4.78, 5) is 23.9. The van der Waals surface area contributed by atoms with Crippen LogP contribution in [0.3, 0.4) is 0 Å². The largest absolute Gasteiger partial charge is 0.497 e. The third-order valence-corrected chi connectivity index (χ3v) is 9.19. The fourth-order valence-electron chi connectivity index (χ4n) is 6.89. The predicted molar refractivity (Wildman–Crippen MR) is 135 cm³/mol. The van der Waals surface area contributed by atoms with Gasteiger partial charge in [-0.05, 0) is 61.3 Å². The number of fused-ring (bicyclic) bond motifs is 3. The lowest BCUT2D eigenvalue weighted by Gasteiger charge is -2.36. The van der Waals surface area contributed by atoms with Gasteiger partial charge in [0, 0.05) is 30.7 Å². The van der Waals surface area contributed by atoms with Gasteiger partial charge in [-0.3, -0.25) is 10.2 Å². The summed E-state index contributed by atoms with van der Waals surface area (Å²) in [5, 5.41) is 16.7. The first-order chi connectivity index (χ1) is 17.5. The molecule has 1 spiro atoms. The van der Waals surface area contributed by atoms with Crippen molar-refractivity contribution < 1.29 is 14.6 Å². The molecule has 1 aromatic heterocycles. The Morgan fingerprint density at radius 3 is 2.94 bits per heavy atom. The van der Waals surface area contributed by atoms with E-state index in [1.165, 1.54) is 0 Å². The first-order valence-corrected chi connectivity index (χ1v) is 13.1. The van der Waals surface area contributed by atoms with Gasteiger partial charge < -0.3 is 25.4 Å². The summed E-state index contributed by atoms with van der Waals surface area (Å²) in [5.74, 6) is 3.32. The van der Waals surface area contributed by atoms with E-state index in [1.54, 1.807) is 13.3 Å². The fraction of sp³-hybridized carbons (Fsp3) is 0.560. The normalized spacial score (nSPS) is 34.7. The number of rotatable bonds is 5. The van der Waals surface area contributed by atoms with E-state index in [0.717, 1.165) is 42.7 Å². The number of aliphatic hydroxyl groups is 1. The molecule has 1 aromatic carbocycles. The minimum Gasteiger partial charge on any atom is -0.497 e. The van der Waals surface area contributed by atoms with Crippen LogP contribution in [0.25, 0.3) is 0 Å². The maximum absolute atomic E-state index is 13.1. The van der Waals surface area contributed by atoms with Crippen LogP contribution in [0.5, 0.6) is 5.75 Å². The zero-order chi connectivity index (χ0) is 24.6. The molecular weight excluding hydrogens is 482 g/mol. The molecule has 4 unspecified atom stereocenters. The Morgan fingerprint density at radius 2 is 2.14 bits per heavy atom. The predicted octanol–water partition coefficient (Wildman–Crippen LogP) is 1.86. The number of carbonyl (C=O) groups excluding carboxylic acids is 1. The van der Waals surface area contributed by atoms with Crippen LogP contribution in [-0.2, 0) is 10.2 Å². The summed E-state index contributed by atoms with van der Waals surface area (Å²) in [6.45, 7) is 1.07. The molecule has 5 aliphatic rings. The zero-order valence-corrected chi connectivity index (χ0v) is 20.8. The van der Waals surface area contributed by atoms with Crippen LogP contribution in [-0.4, -0.2) is 59.5 Å². The van der Waals surface area contributed by atoms with Crippen molar-refractivity contribution in [3.63, 3.8) is 0 Å². The number of benzene rings is 1. The molecule has 4 heterocycles. The number of halogens is 1. The zero-order valence-electron chi connectivity index (χ0n) is 20.0. The van der Waals surface area contributed by atoms with E-state index in [4.69, 9.17) is 16.3 Å². The van der Waals surface area contributed by atoms with E-state index in [9.17, 15) is 9.90 Å². The van der Waals surface area contributed by atoms with Gasteiger partial charge in [0.1, 0.15) is 10.8 Å². The SMILES string of the molecule is COc1ccc2c(c1)[C@]1(C[C@H]1C1CCC3C(C1)NNC3Nc1nc(N3CC(O)C3)ncc1Cl)C(=O)N2. The minimum atomic E-state index is -0.402. The van der Waals surface area contributed by atoms with E-state index in [1.807, 2.05) is 23.1 Å². The first kappa shape index (κ1) is 22.5. The highest BCUT2D eigenvalue weighted by atomic mass is 35.5. The number of aliphatic hydroxyl groups excluding tert-OH is 1. The minimum absolute atomic E-state index is 0.00823. The second-order valence-corrected chi connectivity index (χ2v) is 11.2. The molecule has 1 amide bonds.